The quantitative estimate of drug-likeness (QED) is 0.189. The minimum absolute atomic E-state index is 0. The normalized spacial score (nSPS) is 18.8. The number of ether oxygens (including phenoxy) is 1. The third-order valence-electron chi connectivity index (χ3n) is 7.13. The largest absolute Gasteiger partial charge is 0.382 e. The molecular weight excluding hydrogens is 532 g/mol. The highest BCUT2D eigenvalue weighted by Gasteiger charge is 2.33. The van der Waals surface area contributed by atoms with E-state index < -0.39 is 0 Å². The monoisotopic (exact) mass is 575 g/mol. The first kappa shape index (κ1) is 28.1. The lowest BCUT2D eigenvalue weighted by atomic mass is 9.83. The number of aliphatic imine (C=N–C) groups is 1. The van der Waals surface area contributed by atoms with Crippen molar-refractivity contribution in [2.75, 3.05) is 64.4 Å². The van der Waals surface area contributed by atoms with Crippen molar-refractivity contribution in [3.63, 3.8) is 0 Å². The van der Waals surface area contributed by atoms with Crippen LogP contribution in [0, 0.1) is 11.2 Å². The van der Waals surface area contributed by atoms with E-state index >= 15 is 0 Å². The highest BCUT2D eigenvalue weighted by atomic mass is 127. The van der Waals surface area contributed by atoms with Crippen molar-refractivity contribution in [1.29, 1.82) is 0 Å². The van der Waals surface area contributed by atoms with Gasteiger partial charge in [-0.2, -0.15) is 0 Å². The molecule has 0 aromatic heterocycles. The summed E-state index contributed by atoms with van der Waals surface area (Å²) in [5.41, 5.74) is 1.93. The van der Waals surface area contributed by atoms with E-state index in [-0.39, 0.29) is 29.8 Å². The van der Waals surface area contributed by atoms with Crippen molar-refractivity contribution < 1.29 is 9.13 Å². The summed E-state index contributed by atoms with van der Waals surface area (Å²) in [6, 6.07) is 5.60. The molecule has 3 rings (SSSR count). The van der Waals surface area contributed by atoms with E-state index in [1.807, 2.05) is 19.1 Å². The van der Waals surface area contributed by atoms with Crippen LogP contribution < -0.4 is 15.5 Å². The summed E-state index contributed by atoms with van der Waals surface area (Å²) in [6.45, 7) is 12.1. The summed E-state index contributed by atoms with van der Waals surface area (Å²) in [5.74, 6) is 0.630. The summed E-state index contributed by atoms with van der Waals surface area (Å²) in [7, 11) is 1.79. The molecule has 0 radical (unpaired) electrons. The van der Waals surface area contributed by atoms with Crippen LogP contribution in [-0.4, -0.2) is 70.4 Å². The summed E-state index contributed by atoms with van der Waals surface area (Å²) in [6.07, 6.45) is 6.15. The maximum Gasteiger partial charge on any atom is 0.191 e. The topological polar surface area (TPSA) is 52.1 Å². The fourth-order valence-corrected chi connectivity index (χ4v) is 4.97. The fourth-order valence-electron chi connectivity index (χ4n) is 4.97. The van der Waals surface area contributed by atoms with Gasteiger partial charge in [-0.05, 0) is 55.8 Å². The van der Waals surface area contributed by atoms with Crippen LogP contribution in [-0.2, 0) is 11.3 Å². The Labute approximate surface area is 216 Å². The molecule has 1 aliphatic heterocycles. The second kappa shape index (κ2) is 14.3. The van der Waals surface area contributed by atoms with Crippen molar-refractivity contribution in [2.45, 2.75) is 52.5 Å². The summed E-state index contributed by atoms with van der Waals surface area (Å²) < 4.78 is 20.4. The number of benzene rings is 1. The predicted octanol–water partition coefficient (Wildman–Crippen LogP) is 4.24. The molecule has 0 unspecified atom stereocenters. The Hall–Kier alpha value is -1.13. The van der Waals surface area contributed by atoms with Gasteiger partial charge in [0, 0.05) is 59.5 Å². The third kappa shape index (κ3) is 8.24. The lowest BCUT2D eigenvalue weighted by molar-refractivity contribution is 0.105. The Morgan fingerprint density at radius 1 is 1.12 bits per heavy atom. The second-order valence-electron chi connectivity index (χ2n) is 9.14. The first-order valence-corrected chi connectivity index (χ1v) is 12.4. The second-order valence-corrected chi connectivity index (χ2v) is 9.14. The van der Waals surface area contributed by atoms with E-state index in [0.717, 1.165) is 70.4 Å². The lowest BCUT2D eigenvalue weighted by Crippen LogP contribution is -2.46. The molecule has 1 aromatic carbocycles. The number of hydrogen-bond donors (Lipinski definition) is 2. The molecule has 8 heteroatoms. The number of rotatable bonds is 10. The van der Waals surface area contributed by atoms with Crippen LogP contribution >= 0.6 is 24.0 Å². The van der Waals surface area contributed by atoms with Gasteiger partial charge in [-0.3, -0.25) is 4.99 Å². The Morgan fingerprint density at radius 2 is 1.85 bits per heavy atom. The first-order chi connectivity index (χ1) is 15.6. The molecule has 0 bridgehead atoms. The molecule has 1 aromatic rings. The zero-order valence-electron chi connectivity index (χ0n) is 20.7. The predicted molar refractivity (Wildman–Crippen MR) is 146 cm³/mol. The van der Waals surface area contributed by atoms with E-state index in [1.54, 1.807) is 13.1 Å². The van der Waals surface area contributed by atoms with Crippen LogP contribution in [0.1, 0.15) is 51.5 Å². The van der Waals surface area contributed by atoms with E-state index in [4.69, 9.17) is 4.74 Å². The molecule has 0 spiro atoms. The van der Waals surface area contributed by atoms with Gasteiger partial charge in [-0.1, -0.05) is 25.8 Å². The van der Waals surface area contributed by atoms with Crippen molar-refractivity contribution >= 4 is 35.6 Å². The average molecular weight is 576 g/mol. The maximum atomic E-state index is 14.8. The van der Waals surface area contributed by atoms with Crippen molar-refractivity contribution in [3.8, 4) is 0 Å². The van der Waals surface area contributed by atoms with Gasteiger partial charge in [-0.25, -0.2) is 4.39 Å². The van der Waals surface area contributed by atoms with Crippen LogP contribution in [0.25, 0.3) is 0 Å². The smallest absolute Gasteiger partial charge is 0.191 e. The molecule has 1 aliphatic carbocycles. The zero-order valence-corrected chi connectivity index (χ0v) is 23.0. The number of nitrogens with one attached hydrogen (secondary N) is 2. The Morgan fingerprint density at radius 3 is 2.45 bits per heavy atom. The van der Waals surface area contributed by atoms with Gasteiger partial charge >= 0.3 is 0 Å². The number of likely N-dealkylation sites (N-methyl/N-ethyl adjacent to an activating group) is 1. The van der Waals surface area contributed by atoms with Gasteiger partial charge < -0.3 is 25.2 Å². The highest BCUT2D eigenvalue weighted by molar-refractivity contribution is 14.0. The van der Waals surface area contributed by atoms with Crippen LogP contribution in [0.15, 0.2) is 23.2 Å². The van der Waals surface area contributed by atoms with E-state index in [1.165, 1.54) is 25.7 Å². The highest BCUT2D eigenvalue weighted by Crippen LogP contribution is 2.40. The number of piperazine rings is 1. The lowest BCUT2D eigenvalue weighted by Gasteiger charge is -2.35. The molecule has 1 heterocycles. The van der Waals surface area contributed by atoms with Crippen molar-refractivity contribution in [1.82, 2.24) is 15.5 Å². The summed E-state index contributed by atoms with van der Waals surface area (Å²) in [5, 5.41) is 6.87. The van der Waals surface area contributed by atoms with Gasteiger partial charge in [-0.15, -0.1) is 24.0 Å². The number of hydrogen-bond acceptors (Lipinski definition) is 4. The van der Waals surface area contributed by atoms with Crippen LogP contribution in [0.2, 0.25) is 0 Å². The molecule has 2 aliphatic rings. The molecular formula is C25H43FIN5O. The molecule has 0 atom stereocenters. The first-order valence-electron chi connectivity index (χ1n) is 12.4. The third-order valence-corrected chi connectivity index (χ3v) is 7.13. The standard InChI is InChI=1S/C25H42FN5O.HI/c1-4-30-13-15-31(16-14-30)23-9-8-21(18-22(23)26)19-28-24(27-3)29-20-25(10-6-7-11-25)12-17-32-5-2;/h8-9,18H,4-7,10-17,19-20H2,1-3H3,(H2,27,28,29);1H. The summed E-state index contributed by atoms with van der Waals surface area (Å²) >= 11 is 0. The van der Waals surface area contributed by atoms with E-state index in [0.29, 0.717) is 17.6 Å². The molecule has 6 nitrogen and oxygen atoms in total. The summed E-state index contributed by atoms with van der Waals surface area (Å²) in [4.78, 5) is 8.93. The molecule has 1 saturated carbocycles. The average Bonchev–Trinajstić information content (AvgIpc) is 3.28. The number of nitrogens with zero attached hydrogens (tertiary/aromatic N) is 3. The molecule has 2 fully saturated rings. The van der Waals surface area contributed by atoms with Gasteiger partial charge in [0.15, 0.2) is 5.96 Å². The Kier molecular flexibility index (Phi) is 12.2. The van der Waals surface area contributed by atoms with Gasteiger partial charge in [0.25, 0.3) is 0 Å². The van der Waals surface area contributed by atoms with E-state index in [9.17, 15) is 4.39 Å². The van der Waals surface area contributed by atoms with Crippen LogP contribution in [0.4, 0.5) is 10.1 Å². The molecule has 188 valence electrons. The Balaban J connectivity index is 0.00000385. The van der Waals surface area contributed by atoms with Gasteiger partial charge in [0.1, 0.15) is 5.82 Å². The maximum absolute atomic E-state index is 14.8. The number of guanidine groups is 1. The number of anilines is 1. The zero-order chi connectivity index (χ0) is 22.8. The number of halogens is 2. The van der Waals surface area contributed by atoms with Crippen LogP contribution in [0.5, 0.6) is 0 Å². The van der Waals surface area contributed by atoms with Crippen molar-refractivity contribution in [3.05, 3.63) is 29.6 Å². The van der Waals surface area contributed by atoms with Gasteiger partial charge in [0.05, 0.1) is 5.69 Å². The van der Waals surface area contributed by atoms with E-state index in [2.05, 4.69) is 32.3 Å². The molecule has 0 amide bonds. The Bertz CT molecular complexity index is 734. The molecule has 33 heavy (non-hydrogen) atoms. The molecule has 2 N–H and O–H groups in total. The van der Waals surface area contributed by atoms with Crippen molar-refractivity contribution in [2.24, 2.45) is 10.4 Å². The fraction of sp³-hybridized carbons (Fsp3) is 0.720. The minimum Gasteiger partial charge on any atom is -0.382 e. The van der Waals surface area contributed by atoms with Gasteiger partial charge in [0.2, 0.25) is 0 Å². The van der Waals surface area contributed by atoms with Crippen LogP contribution in [0.3, 0.4) is 0 Å². The minimum atomic E-state index is -0.141. The molecule has 1 saturated heterocycles. The SMILES string of the molecule is CCOCCC1(CNC(=NC)NCc2ccc(N3CCN(CC)CC3)c(F)c2)CCCC1.I.